The molecule has 0 fully saturated rings. The van der Waals surface area contributed by atoms with Gasteiger partial charge in [-0.2, -0.15) is 0 Å². The minimum atomic E-state index is -0.306. The number of oxazole rings is 1. The molecule has 6 nitrogen and oxygen atoms in total. The number of nitrogens with zero attached hydrogens (tertiary/aromatic N) is 2. The molecule has 34 heavy (non-hydrogen) atoms. The van der Waals surface area contributed by atoms with E-state index in [1.807, 2.05) is 60.7 Å². The summed E-state index contributed by atoms with van der Waals surface area (Å²) in [5, 5.41) is 5.88. The van der Waals surface area contributed by atoms with Crippen molar-refractivity contribution in [1.82, 2.24) is 10.3 Å². The van der Waals surface area contributed by atoms with Gasteiger partial charge in [0.2, 0.25) is 11.8 Å². The van der Waals surface area contributed by atoms with Gasteiger partial charge in [-0.05, 0) is 80.2 Å². The molecule has 0 aliphatic carbocycles. The lowest BCUT2D eigenvalue weighted by Crippen LogP contribution is -2.32. The van der Waals surface area contributed by atoms with Gasteiger partial charge in [0.05, 0.1) is 0 Å². The van der Waals surface area contributed by atoms with Gasteiger partial charge in [-0.25, -0.2) is 4.98 Å². The second-order valence-electron chi connectivity index (χ2n) is 7.61. The lowest BCUT2D eigenvalue weighted by atomic mass is 10.2. The first kappa shape index (κ1) is 23.2. The molecule has 0 bridgehead atoms. The zero-order valence-electron chi connectivity index (χ0n) is 19.1. The number of aromatic nitrogens is 1. The molecular formula is C27H26N4O2S. The van der Waals surface area contributed by atoms with Crippen LogP contribution in [0.5, 0.6) is 0 Å². The predicted molar refractivity (Wildman–Crippen MR) is 143 cm³/mol. The minimum absolute atomic E-state index is 0.206. The third-order valence-corrected chi connectivity index (χ3v) is 5.56. The molecule has 0 saturated carbocycles. The van der Waals surface area contributed by atoms with Gasteiger partial charge in [-0.15, -0.1) is 0 Å². The summed E-state index contributed by atoms with van der Waals surface area (Å²) in [5.74, 6) is 0.250. The first-order valence-electron chi connectivity index (χ1n) is 11.2. The van der Waals surface area contributed by atoms with Crippen molar-refractivity contribution in [2.45, 2.75) is 13.8 Å². The standard InChI is InChI=1S/C27H26N4O2S/c1-3-31(4-2)22-14-11-20(12-15-22)26-29-23-18-21(13-16-24(23)33-26)28-27(34)30-25(32)17-10-19-8-6-5-7-9-19/h5-18H,3-4H2,1-2H3,(H2,28,30,32,34)/b17-10+. The molecule has 1 heterocycles. The maximum absolute atomic E-state index is 12.1. The van der Waals surface area contributed by atoms with E-state index in [1.54, 1.807) is 6.08 Å². The van der Waals surface area contributed by atoms with E-state index in [1.165, 1.54) is 11.8 Å². The molecule has 1 aromatic heterocycles. The summed E-state index contributed by atoms with van der Waals surface area (Å²) in [6.07, 6.45) is 3.18. The van der Waals surface area contributed by atoms with Crippen molar-refractivity contribution < 1.29 is 9.21 Å². The van der Waals surface area contributed by atoms with E-state index in [0.717, 1.165) is 24.2 Å². The average molecular weight is 471 g/mol. The second-order valence-corrected chi connectivity index (χ2v) is 8.02. The van der Waals surface area contributed by atoms with Gasteiger partial charge in [0.15, 0.2) is 10.7 Å². The van der Waals surface area contributed by atoms with Gasteiger partial charge >= 0.3 is 0 Å². The Morgan fingerprint density at radius 2 is 1.76 bits per heavy atom. The third kappa shape index (κ3) is 5.68. The molecule has 0 saturated heterocycles. The Balaban J connectivity index is 1.41. The van der Waals surface area contributed by atoms with Crippen molar-refractivity contribution >= 4 is 51.8 Å². The van der Waals surface area contributed by atoms with Crippen LogP contribution in [0, 0.1) is 0 Å². The van der Waals surface area contributed by atoms with E-state index in [-0.39, 0.29) is 11.0 Å². The number of benzene rings is 3. The number of carbonyl (C=O) groups excluding carboxylic acids is 1. The van der Waals surface area contributed by atoms with E-state index in [2.05, 4.69) is 46.5 Å². The summed E-state index contributed by atoms with van der Waals surface area (Å²) in [7, 11) is 0. The summed E-state index contributed by atoms with van der Waals surface area (Å²) in [6.45, 7) is 6.20. The molecule has 4 aromatic rings. The number of fused-ring (bicyclic) bond motifs is 1. The molecule has 0 spiro atoms. The Kier molecular flexibility index (Phi) is 7.34. The summed E-state index contributed by atoms with van der Waals surface area (Å²) < 4.78 is 5.94. The lowest BCUT2D eigenvalue weighted by Gasteiger charge is -2.20. The Morgan fingerprint density at radius 1 is 1.03 bits per heavy atom. The largest absolute Gasteiger partial charge is 0.436 e. The number of hydrogen-bond acceptors (Lipinski definition) is 5. The molecule has 3 aromatic carbocycles. The van der Waals surface area contributed by atoms with Gasteiger partial charge in [-0.1, -0.05) is 30.3 Å². The Bertz CT molecular complexity index is 1310. The van der Waals surface area contributed by atoms with Gasteiger partial charge in [0.25, 0.3) is 0 Å². The number of anilines is 2. The van der Waals surface area contributed by atoms with E-state index < -0.39 is 0 Å². The van der Waals surface area contributed by atoms with Crippen molar-refractivity contribution in [1.29, 1.82) is 0 Å². The molecule has 0 unspecified atom stereocenters. The van der Waals surface area contributed by atoms with E-state index in [9.17, 15) is 4.79 Å². The van der Waals surface area contributed by atoms with Crippen molar-refractivity contribution in [3.63, 3.8) is 0 Å². The molecule has 0 aliphatic rings. The second kappa shape index (κ2) is 10.8. The van der Waals surface area contributed by atoms with Crippen molar-refractivity contribution in [2.24, 2.45) is 0 Å². The highest BCUT2D eigenvalue weighted by molar-refractivity contribution is 7.80. The normalized spacial score (nSPS) is 11.0. The van der Waals surface area contributed by atoms with Crippen LogP contribution in [-0.2, 0) is 4.79 Å². The first-order valence-corrected chi connectivity index (χ1v) is 11.6. The molecule has 0 radical (unpaired) electrons. The predicted octanol–water partition coefficient (Wildman–Crippen LogP) is 5.87. The summed E-state index contributed by atoms with van der Waals surface area (Å²) in [4.78, 5) is 19.1. The monoisotopic (exact) mass is 470 g/mol. The van der Waals surface area contributed by atoms with Crippen LogP contribution in [0.4, 0.5) is 11.4 Å². The SMILES string of the molecule is CCN(CC)c1ccc(-c2nc3cc(NC(=S)NC(=O)/C=C/c4ccccc4)ccc3o2)cc1. The van der Waals surface area contributed by atoms with Crippen LogP contribution < -0.4 is 15.5 Å². The fourth-order valence-corrected chi connectivity index (χ4v) is 3.80. The number of carbonyl (C=O) groups is 1. The van der Waals surface area contributed by atoms with Crippen LogP contribution in [0.1, 0.15) is 19.4 Å². The molecular weight excluding hydrogens is 444 g/mol. The summed E-state index contributed by atoms with van der Waals surface area (Å²) in [5.41, 5.74) is 5.10. The van der Waals surface area contributed by atoms with E-state index in [4.69, 9.17) is 16.6 Å². The summed E-state index contributed by atoms with van der Waals surface area (Å²) >= 11 is 5.28. The Morgan fingerprint density at radius 3 is 2.47 bits per heavy atom. The minimum Gasteiger partial charge on any atom is -0.436 e. The zero-order valence-corrected chi connectivity index (χ0v) is 19.9. The zero-order chi connectivity index (χ0) is 23.9. The molecule has 0 aliphatic heterocycles. The molecule has 1 amide bonds. The third-order valence-electron chi connectivity index (χ3n) is 5.35. The number of hydrogen-bond donors (Lipinski definition) is 2. The maximum atomic E-state index is 12.1. The van der Waals surface area contributed by atoms with Gasteiger partial charge < -0.3 is 14.6 Å². The van der Waals surface area contributed by atoms with Crippen LogP contribution in [0.3, 0.4) is 0 Å². The highest BCUT2D eigenvalue weighted by atomic mass is 32.1. The van der Waals surface area contributed by atoms with Gasteiger partial charge in [-0.3, -0.25) is 10.1 Å². The van der Waals surface area contributed by atoms with Crippen molar-refractivity contribution in [3.8, 4) is 11.5 Å². The smallest absolute Gasteiger partial charge is 0.250 e. The highest BCUT2D eigenvalue weighted by Crippen LogP contribution is 2.27. The van der Waals surface area contributed by atoms with Crippen LogP contribution in [0.2, 0.25) is 0 Å². The fourth-order valence-electron chi connectivity index (χ4n) is 3.58. The topological polar surface area (TPSA) is 70.4 Å². The van der Waals surface area contributed by atoms with Crippen LogP contribution in [-0.4, -0.2) is 29.1 Å². The van der Waals surface area contributed by atoms with Crippen LogP contribution in [0.25, 0.3) is 28.6 Å². The Labute approximate surface area is 204 Å². The molecule has 0 atom stereocenters. The van der Waals surface area contributed by atoms with Crippen LogP contribution in [0.15, 0.2) is 83.3 Å². The lowest BCUT2D eigenvalue weighted by molar-refractivity contribution is -0.115. The number of rotatable bonds is 7. The molecule has 4 rings (SSSR count). The van der Waals surface area contributed by atoms with Crippen LogP contribution >= 0.6 is 12.2 Å². The van der Waals surface area contributed by atoms with Crippen molar-refractivity contribution in [3.05, 3.63) is 84.4 Å². The Hall–Kier alpha value is -3.97. The molecule has 2 N–H and O–H groups in total. The van der Waals surface area contributed by atoms with E-state index >= 15 is 0 Å². The summed E-state index contributed by atoms with van der Waals surface area (Å²) in [6, 6.07) is 23.3. The average Bonchev–Trinajstić information content (AvgIpc) is 3.28. The van der Waals surface area contributed by atoms with Gasteiger partial charge in [0, 0.05) is 36.1 Å². The van der Waals surface area contributed by atoms with E-state index in [0.29, 0.717) is 22.7 Å². The number of amides is 1. The first-order chi connectivity index (χ1) is 16.6. The van der Waals surface area contributed by atoms with Gasteiger partial charge in [0.1, 0.15) is 5.52 Å². The maximum Gasteiger partial charge on any atom is 0.250 e. The molecule has 172 valence electrons. The quantitative estimate of drug-likeness (QED) is 0.260. The number of nitrogens with one attached hydrogen (secondary N) is 2. The van der Waals surface area contributed by atoms with Crippen molar-refractivity contribution in [2.75, 3.05) is 23.3 Å². The highest BCUT2D eigenvalue weighted by Gasteiger charge is 2.11. The number of thiocarbonyl (C=S) groups is 1. The fraction of sp³-hybridized carbons (Fsp3) is 0.148. The molecule has 7 heteroatoms.